The van der Waals surface area contributed by atoms with Gasteiger partial charge >= 0.3 is 6.03 Å². The maximum Gasteiger partial charge on any atom is 0.321 e. The van der Waals surface area contributed by atoms with E-state index in [2.05, 4.69) is 15.5 Å². The number of ether oxygens (including phenoxy) is 2. The second kappa shape index (κ2) is 10.6. The Morgan fingerprint density at radius 1 is 1.07 bits per heavy atom. The van der Waals surface area contributed by atoms with E-state index in [9.17, 15) is 9.59 Å². The van der Waals surface area contributed by atoms with E-state index in [-0.39, 0.29) is 12.3 Å². The molecule has 1 saturated carbocycles. The van der Waals surface area contributed by atoms with E-state index in [1.165, 1.54) is 0 Å². The monoisotopic (exact) mass is 411 g/mol. The standard InChI is InChI=1S/C23H29N3O4/c1-29-20-10-11-21(30-2)18(14-20)16-26(19-8-9-19)13-12-22(27)25-23(28)24-15-17-6-4-3-5-7-17/h3-7,10-11,14,19H,8-9,12-13,15-16H2,1-2H3,(H2,24,25,27,28). The van der Waals surface area contributed by atoms with Gasteiger partial charge < -0.3 is 14.8 Å². The van der Waals surface area contributed by atoms with Crippen LogP contribution in [0.2, 0.25) is 0 Å². The molecule has 7 heteroatoms. The van der Waals surface area contributed by atoms with E-state index in [1.54, 1.807) is 14.2 Å². The molecule has 0 spiro atoms. The summed E-state index contributed by atoms with van der Waals surface area (Å²) in [5.74, 6) is 1.28. The third-order valence-corrected chi connectivity index (χ3v) is 5.10. The van der Waals surface area contributed by atoms with Crippen molar-refractivity contribution in [3.63, 3.8) is 0 Å². The number of nitrogens with one attached hydrogen (secondary N) is 2. The molecule has 0 aromatic heterocycles. The normalized spacial score (nSPS) is 13.0. The van der Waals surface area contributed by atoms with Gasteiger partial charge in [-0.2, -0.15) is 0 Å². The van der Waals surface area contributed by atoms with Crippen LogP contribution >= 0.6 is 0 Å². The molecule has 3 rings (SSSR count). The molecule has 2 N–H and O–H groups in total. The summed E-state index contributed by atoms with van der Waals surface area (Å²) in [5, 5.41) is 5.11. The molecule has 160 valence electrons. The first kappa shape index (κ1) is 21.6. The summed E-state index contributed by atoms with van der Waals surface area (Å²) in [4.78, 5) is 26.5. The van der Waals surface area contributed by atoms with Crippen LogP contribution in [0.15, 0.2) is 48.5 Å². The van der Waals surface area contributed by atoms with Gasteiger partial charge in [-0.25, -0.2) is 4.79 Å². The van der Waals surface area contributed by atoms with Crippen molar-refractivity contribution in [3.05, 3.63) is 59.7 Å². The van der Waals surface area contributed by atoms with Gasteiger partial charge in [0, 0.05) is 37.7 Å². The average Bonchev–Trinajstić information content (AvgIpc) is 3.61. The van der Waals surface area contributed by atoms with Crippen LogP contribution in [0.4, 0.5) is 4.79 Å². The van der Waals surface area contributed by atoms with Crippen molar-refractivity contribution in [1.29, 1.82) is 0 Å². The molecule has 0 heterocycles. The largest absolute Gasteiger partial charge is 0.497 e. The number of nitrogens with zero attached hydrogens (tertiary/aromatic N) is 1. The summed E-state index contributed by atoms with van der Waals surface area (Å²) in [6, 6.07) is 15.3. The Morgan fingerprint density at radius 3 is 2.50 bits per heavy atom. The summed E-state index contributed by atoms with van der Waals surface area (Å²) in [7, 11) is 3.28. The summed E-state index contributed by atoms with van der Waals surface area (Å²) < 4.78 is 10.8. The molecule has 0 radical (unpaired) electrons. The van der Waals surface area contributed by atoms with Gasteiger partial charge in [0.1, 0.15) is 11.5 Å². The van der Waals surface area contributed by atoms with E-state index in [1.807, 2.05) is 48.5 Å². The van der Waals surface area contributed by atoms with Crippen LogP contribution in [-0.4, -0.2) is 43.6 Å². The molecular formula is C23H29N3O4. The number of hydrogen-bond donors (Lipinski definition) is 2. The first-order valence-corrected chi connectivity index (χ1v) is 10.2. The summed E-state index contributed by atoms with van der Waals surface area (Å²) in [6.45, 7) is 1.62. The van der Waals surface area contributed by atoms with Crippen LogP contribution in [0.1, 0.15) is 30.4 Å². The third kappa shape index (κ3) is 6.49. The van der Waals surface area contributed by atoms with Crippen LogP contribution in [-0.2, 0) is 17.9 Å². The molecule has 0 aliphatic heterocycles. The van der Waals surface area contributed by atoms with Gasteiger partial charge in [0.15, 0.2) is 0 Å². The Morgan fingerprint density at radius 2 is 1.83 bits per heavy atom. The van der Waals surface area contributed by atoms with Crippen LogP contribution in [0.25, 0.3) is 0 Å². The van der Waals surface area contributed by atoms with Crippen molar-refractivity contribution in [2.75, 3.05) is 20.8 Å². The van der Waals surface area contributed by atoms with Crippen LogP contribution < -0.4 is 20.1 Å². The molecule has 1 fully saturated rings. The fourth-order valence-corrected chi connectivity index (χ4v) is 3.31. The van der Waals surface area contributed by atoms with E-state index in [0.717, 1.165) is 35.5 Å². The minimum Gasteiger partial charge on any atom is -0.497 e. The lowest BCUT2D eigenvalue weighted by Gasteiger charge is -2.23. The highest BCUT2D eigenvalue weighted by Gasteiger charge is 2.30. The van der Waals surface area contributed by atoms with Gasteiger partial charge in [0.2, 0.25) is 5.91 Å². The number of carbonyl (C=O) groups is 2. The van der Waals surface area contributed by atoms with Crippen LogP contribution in [0.5, 0.6) is 11.5 Å². The van der Waals surface area contributed by atoms with Crippen LogP contribution in [0, 0.1) is 0 Å². The van der Waals surface area contributed by atoms with Gasteiger partial charge in [-0.3, -0.25) is 15.0 Å². The highest BCUT2D eigenvalue weighted by molar-refractivity contribution is 5.94. The van der Waals surface area contributed by atoms with Crippen molar-refractivity contribution in [1.82, 2.24) is 15.5 Å². The summed E-state index contributed by atoms with van der Waals surface area (Å²) >= 11 is 0. The van der Waals surface area contributed by atoms with Gasteiger partial charge in [-0.1, -0.05) is 30.3 Å². The Balaban J connectivity index is 1.49. The molecule has 7 nitrogen and oxygen atoms in total. The molecule has 0 unspecified atom stereocenters. The summed E-state index contributed by atoms with van der Waals surface area (Å²) in [5.41, 5.74) is 2.00. The minimum atomic E-state index is -0.476. The van der Waals surface area contributed by atoms with E-state index in [4.69, 9.17) is 9.47 Å². The molecule has 1 aliphatic carbocycles. The topological polar surface area (TPSA) is 79.9 Å². The zero-order chi connectivity index (χ0) is 21.3. The number of hydrogen-bond acceptors (Lipinski definition) is 5. The highest BCUT2D eigenvalue weighted by atomic mass is 16.5. The predicted octanol–water partition coefficient (Wildman–Crippen LogP) is 3.08. The van der Waals surface area contributed by atoms with Gasteiger partial charge in [-0.15, -0.1) is 0 Å². The lowest BCUT2D eigenvalue weighted by atomic mass is 10.1. The maximum atomic E-state index is 12.2. The number of amides is 3. The lowest BCUT2D eigenvalue weighted by molar-refractivity contribution is -0.120. The molecule has 30 heavy (non-hydrogen) atoms. The summed E-state index contributed by atoms with van der Waals surface area (Å²) in [6.07, 6.45) is 2.48. The number of methoxy groups -OCH3 is 2. The molecule has 2 aromatic rings. The van der Waals surface area contributed by atoms with E-state index in [0.29, 0.717) is 25.7 Å². The highest BCUT2D eigenvalue weighted by Crippen LogP contribution is 2.31. The fourth-order valence-electron chi connectivity index (χ4n) is 3.31. The molecule has 1 aliphatic rings. The Labute approximate surface area is 177 Å². The number of benzene rings is 2. The number of rotatable bonds is 10. The number of imide groups is 1. The van der Waals surface area contributed by atoms with E-state index < -0.39 is 6.03 Å². The predicted molar refractivity (Wildman–Crippen MR) is 114 cm³/mol. The fraction of sp³-hybridized carbons (Fsp3) is 0.391. The Kier molecular flexibility index (Phi) is 7.68. The second-order valence-electron chi connectivity index (χ2n) is 7.35. The first-order valence-electron chi connectivity index (χ1n) is 10.2. The first-order chi connectivity index (χ1) is 14.6. The van der Waals surface area contributed by atoms with Gasteiger partial charge in [-0.05, 0) is 36.6 Å². The van der Waals surface area contributed by atoms with Gasteiger partial charge in [0.05, 0.1) is 14.2 Å². The molecule has 0 bridgehead atoms. The van der Waals surface area contributed by atoms with Crippen molar-refractivity contribution >= 4 is 11.9 Å². The zero-order valence-corrected chi connectivity index (χ0v) is 17.5. The number of urea groups is 1. The minimum absolute atomic E-state index is 0.252. The Hall–Kier alpha value is -3.06. The smallest absolute Gasteiger partial charge is 0.321 e. The lowest BCUT2D eigenvalue weighted by Crippen LogP contribution is -2.40. The molecule has 0 atom stereocenters. The van der Waals surface area contributed by atoms with Crippen LogP contribution in [0.3, 0.4) is 0 Å². The second-order valence-corrected chi connectivity index (χ2v) is 7.35. The van der Waals surface area contributed by atoms with Crippen molar-refractivity contribution in [3.8, 4) is 11.5 Å². The molecule has 3 amide bonds. The van der Waals surface area contributed by atoms with E-state index >= 15 is 0 Å². The molecule has 0 saturated heterocycles. The van der Waals surface area contributed by atoms with Crippen molar-refractivity contribution in [2.45, 2.75) is 38.4 Å². The quantitative estimate of drug-likeness (QED) is 0.628. The average molecular weight is 412 g/mol. The maximum absolute atomic E-state index is 12.2. The third-order valence-electron chi connectivity index (χ3n) is 5.10. The van der Waals surface area contributed by atoms with Crippen molar-refractivity contribution < 1.29 is 19.1 Å². The number of carbonyl (C=O) groups excluding carboxylic acids is 2. The SMILES string of the molecule is COc1ccc(OC)c(CN(CCC(=O)NC(=O)NCc2ccccc2)C2CC2)c1. The Bertz CT molecular complexity index is 853. The van der Waals surface area contributed by atoms with Crippen molar-refractivity contribution in [2.24, 2.45) is 0 Å². The molecule has 2 aromatic carbocycles. The molecular weight excluding hydrogens is 382 g/mol. The zero-order valence-electron chi connectivity index (χ0n) is 17.5. The van der Waals surface area contributed by atoms with Gasteiger partial charge in [0.25, 0.3) is 0 Å².